The highest BCUT2D eigenvalue weighted by Gasteiger charge is 2.43. The molecule has 1 aliphatic carbocycles. The van der Waals surface area contributed by atoms with Gasteiger partial charge in [-0.3, -0.25) is 4.79 Å². The fourth-order valence-corrected chi connectivity index (χ4v) is 4.67. The number of hydrogen-bond acceptors (Lipinski definition) is 4. The maximum Gasteiger partial charge on any atom is 0.235 e. The maximum atomic E-state index is 13.8. The van der Waals surface area contributed by atoms with Gasteiger partial charge in [-0.25, -0.2) is 9.37 Å². The number of rotatable bonds is 4. The first-order valence-electron chi connectivity index (χ1n) is 10.4. The zero-order chi connectivity index (χ0) is 20.4. The van der Waals surface area contributed by atoms with Crippen molar-refractivity contribution >= 4 is 17.4 Å². The summed E-state index contributed by atoms with van der Waals surface area (Å²) in [5, 5.41) is 3.02. The summed E-state index contributed by atoms with van der Waals surface area (Å²) in [7, 11) is 0. The Morgan fingerprint density at radius 1 is 1.17 bits per heavy atom. The number of hydrogen-bond donors (Lipinski definition) is 1. The molecular formula is C23H28FN3O2. The minimum absolute atomic E-state index is 0.0798. The number of ether oxygens (including phenoxy) is 1. The second-order valence-corrected chi connectivity index (χ2v) is 8.32. The predicted octanol–water partition coefficient (Wildman–Crippen LogP) is 4.28. The summed E-state index contributed by atoms with van der Waals surface area (Å²) < 4.78 is 19.6. The number of anilines is 2. The number of aromatic nitrogens is 1. The lowest BCUT2D eigenvalue weighted by Crippen LogP contribution is -2.45. The van der Waals surface area contributed by atoms with Crippen LogP contribution in [-0.2, 0) is 14.9 Å². The number of carbonyl (C=O) groups is 1. The number of carbonyl (C=O) groups excluding carboxylic acids is 1. The molecule has 1 saturated carbocycles. The van der Waals surface area contributed by atoms with Crippen molar-refractivity contribution in [2.24, 2.45) is 0 Å². The van der Waals surface area contributed by atoms with Crippen molar-refractivity contribution in [1.82, 2.24) is 4.98 Å². The van der Waals surface area contributed by atoms with E-state index in [-0.39, 0.29) is 23.9 Å². The van der Waals surface area contributed by atoms with Crippen LogP contribution in [0.4, 0.5) is 15.9 Å². The first-order valence-corrected chi connectivity index (χ1v) is 10.4. The number of pyridine rings is 1. The average Bonchev–Trinajstić information content (AvgIpc) is 3.19. The van der Waals surface area contributed by atoms with E-state index in [1.807, 2.05) is 18.2 Å². The van der Waals surface area contributed by atoms with E-state index >= 15 is 0 Å². The van der Waals surface area contributed by atoms with E-state index in [2.05, 4.69) is 29.0 Å². The normalized spacial score (nSPS) is 23.8. The summed E-state index contributed by atoms with van der Waals surface area (Å²) in [6.07, 6.45) is 5.42. The third kappa shape index (κ3) is 4.13. The van der Waals surface area contributed by atoms with E-state index in [1.54, 1.807) is 12.3 Å². The van der Waals surface area contributed by atoms with Crippen LogP contribution in [0.5, 0.6) is 0 Å². The van der Waals surface area contributed by atoms with E-state index < -0.39 is 5.41 Å². The summed E-state index contributed by atoms with van der Waals surface area (Å²) in [6, 6.07) is 10.3. The number of morpholine rings is 1. The first-order chi connectivity index (χ1) is 14.0. The molecule has 0 radical (unpaired) electrons. The zero-order valence-electron chi connectivity index (χ0n) is 17.0. The van der Waals surface area contributed by atoms with Crippen LogP contribution in [0.25, 0.3) is 0 Å². The molecule has 2 fully saturated rings. The van der Waals surface area contributed by atoms with Crippen molar-refractivity contribution in [1.29, 1.82) is 0 Å². The van der Waals surface area contributed by atoms with Crippen molar-refractivity contribution in [2.75, 3.05) is 23.3 Å². The molecule has 1 aromatic carbocycles. The van der Waals surface area contributed by atoms with Gasteiger partial charge in [0.1, 0.15) is 11.6 Å². The number of nitrogens with one attached hydrogen (secondary N) is 1. The van der Waals surface area contributed by atoms with Crippen LogP contribution in [0, 0.1) is 5.82 Å². The van der Waals surface area contributed by atoms with Crippen LogP contribution in [-0.4, -0.2) is 36.2 Å². The molecule has 2 unspecified atom stereocenters. The Labute approximate surface area is 171 Å². The highest BCUT2D eigenvalue weighted by atomic mass is 19.1. The predicted molar refractivity (Wildman–Crippen MR) is 112 cm³/mol. The lowest BCUT2D eigenvalue weighted by molar-refractivity contribution is -0.121. The largest absolute Gasteiger partial charge is 0.372 e. The molecule has 29 heavy (non-hydrogen) atoms. The number of amides is 1. The Kier molecular flexibility index (Phi) is 5.54. The molecule has 1 aliphatic heterocycles. The summed E-state index contributed by atoms with van der Waals surface area (Å²) in [6.45, 7) is 5.72. The summed E-state index contributed by atoms with van der Waals surface area (Å²) in [4.78, 5) is 20.0. The molecule has 1 aromatic heterocycles. The van der Waals surface area contributed by atoms with E-state index in [4.69, 9.17) is 4.74 Å². The molecule has 6 heteroatoms. The zero-order valence-corrected chi connectivity index (χ0v) is 17.0. The molecule has 0 spiro atoms. The lowest BCUT2D eigenvalue weighted by Gasteiger charge is -2.36. The van der Waals surface area contributed by atoms with Gasteiger partial charge in [-0.1, -0.05) is 25.0 Å². The van der Waals surface area contributed by atoms with Gasteiger partial charge >= 0.3 is 0 Å². The molecule has 5 nitrogen and oxygen atoms in total. The number of halogens is 1. The van der Waals surface area contributed by atoms with Crippen LogP contribution >= 0.6 is 0 Å². The summed E-state index contributed by atoms with van der Waals surface area (Å²) in [5.74, 6) is 0.496. The van der Waals surface area contributed by atoms with Crippen molar-refractivity contribution < 1.29 is 13.9 Å². The van der Waals surface area contributed by atoms with Gasteiger partial charge in [-0.2, -0.15) is 0 Å². The first kappa shape index (κ1) is 19.8. The van der Waals surface area contributed by atoms with Gasteiger partial charge in [-0.15, -0.1) is 0 Å². The van der Waals surface area contributed by atoms with Gasteiger partial charge in [0.2, 0.25) is 5.91 Å². The van der Waals surface area contributed by atoms with Crippen molar-refractivity contribution in [3.63, 3.8) is 0 Å². The number of benzene rings is 1. The van der Waals surface area contributed by atoms with Gasteiger partial charge in [0, 0.05) is 13.1 Å². The Balaban J connectivity index is 1.50. The SMILES string of the molecule is CC1CN(c2ccc(NC(=O)C3(c4cccc(F)c4)CCCC3)cn2)CC(C)O1. The van der Waals surface area contributed by atoms with Crippen LogP contribution in [0.15, 0.2) is 42.6 Å². The molecule has 2 heterocycles. The molecule has 2 atom stereocenters. The highest BCUT2D eigenvalue weighted by molar-refractivity contribution is 5.99. The van der Waals surface area contributed by atoms with Crippen molar-refractivity contribution in [3.8, 4) is 0 Å². The third-order valence-corrected chi connectivity index (χ3v) is 6.02. The van der Waals surface area contributed by atoms with E-state index in [1.165, 1.54) is 12.1 Å². The molecule has 2 aliphatic rings. The topological polar surface area (TPSA) is 54.5 Å². The second-order valence-electron chi connectivity index (χ2n) is 8.32. The molecule has 0 bridgehead atoms. The third-order valence-electron chi connectivity index (χ3n) is 6.02. The van der Waals surface area contributed by atoms with Crippen molar-refractivity contribution in [2.45, 2.75) is 57.2 Å². The minimum Gasteiger partial charge on any atom is -0.372 e. The molecule has 1 N–H and O–H groups in total. The van der Waals surface area contributed by atoms with Gasteiger partial charge in [-0.05, 0) is 56.5 Å². The van der Waals surface area contributed by atoms with E-state index in [0.29, 0.717) is 5.69 Å². The molecule has 2 aromatic rings. The molecule has 154 valence electrons. The van der Waals surface area contributed by atoms with Gasteiger partial charge < -0.3 is 15.0 Å². The lowest BCUT2D eigenvalue weighted by atomic mass is 9.78. The highest BCUT2D eigenvalue weighted by Crippen LogP contribution is 2.42. The van der Waals surface area contributed by atoms with Crippen LogP contribution < -0.4 is 10.2 Å². The quantitative estimate of drug-likeness (QED) is 0.836. The van der Waals surface area contributed by atoms with E-state index in [9.17, 15) is 9.18 Å². The second kappa shape index (κ2) is 8.11. The Morgan fingerprint density at radius 2 is 1.90 bits per heavy atom. The molecular weight excluding hydrogens is 369 g/mol. The average molecular weight is 397 g/mol. The van der Waals surface area contributed by atoms with Gasteiger partial charge in [0.05, 0.1) is 29.5 Å². The smallest absolute Gasteiger partial charge is 0.235 e. The summed E-state index contributed by atoms with van der Waals surface area (Å²) >= 11 is 0. The Morgan fingerprint density at radius 3 is 2.52 bits per heavy atom. The van der Waals surface area contributed by atoms with E-state index in [0.717, 1.165) is 50.2 Å². The standard InChI is InChI=1S/C23H28FN3O2/c1-16-14-27(15-17(2)29-16)21-9-8-20(13-25-21)26-22(28)23(10-3-4-11-23)18-6-5-7-19(24)12-18/h5-9,12-13,16-17H,3-4,10-11,14-15H2,1-2H3,(H,26,28). The molecule has 1 saturated heterocycles. The van der Waals surface area contributed by atoms with Gasteiger partial charge in [0.25, 0.3) is 0 Å². The monoisotopic (exact) mass is 397 g/mol. The van der Waals surface area contributed by atoms with Crippen molar-refractivity contribution in [3.05, 3.63) is 54.0 Å². The summed E-state index contributed by atoms with van der Waals surface area (Å²) in [5.41, 5.74) is 0.750. The molecule has 1 amide bonds. The Hall–Kier alpha value is -2.47. The fraction of sp³-hybridized carbons (Fsp3) is 0.478. The van der Waals surface area contributed by atoms with Crippen LogP contribution in [0.3, 0.4) is 0 Å². The molecule has 4 rings (SSSR count). The number of nitrogens with zero attached hydrogens (tertiary/aromatic N) is 2. The van der Waals surface area contributed by atoms with Crippen LogP contribution in [0.1, 0.15) is 45.1 Å². The maximum absolute atomic E-state index is 13.8. The fourth-order valence-electron chi connectivity index (χ4n) is 4.67. The van der Waals surface area contributed by atoms with Crippen LogP contribution in [0.2, 0.25) is 0 Å². The Bertz CT molecular complexity index is 855. The minimum atomic E-state index is -0.671. The van der Waals surface area contributed by atoms with Gasteiger partial charge in [0.15, 0.2) is 0 Å².